The molecule has 2 aromatic carbocycles. The molecular weight excluding hydrogens is 240 g/mol. The monoisotopic (exact) mass is 254 g/mol. The second kappa shape index (κ2) is 4.56. The van der Waals surface area contributed by atoms with E-state index in [0.29, 0.717) is 0 Å². The first kappa shape index (κ1) is 11.5. The Kier molecular flexibility index (Phi) is 2.90. The van der Waals surface area contributed by atoms with Gasteiger partial charge in [0.15, 0.2) is 0 Å². The van der Waals surface area contributed by atoms with Gasteiger partial charge in [-0.2, -0.15) is 0 Å². The highest BCUT2D eigenvalue weighted by Gasteiger charge is 2.12. The number of aryl methyl sites for hydroxylation is 1. The fourth-order valence-electron chi connectivity index (χ4n) is 2.14. The van der Waals surface area contributed by atoms with E-state index in [9.17, 15) is 5.11 Å². The van der Waals surface area contributed by atoms with Crippen molar-refractivity contribution in [3.63, 3.8) is 0 Å². The first-order valence-electron chi connectivity index (χ1n) is 5.97. The molecule has 0 radical (unpaired) electrons. The fourth-order valence-corrected chi connectivity index (χ4v) is 3.03. The maximum absolute atomic E-state index is 10.4. The van der Waals surface area contributed by atoms with Crippen LogP contribution in [-0.2, 0) is 0 Å². The van der Waals surface area contributed by atoms with E-state index in [0.717, 1.165) is 10.4 Å². The molecule has 2 heteroatoms. The van der Waals surface area contributed by atoms with Crippen LogP contribution in [0.2, 0.25) is 0 Å². The molecule has 1 nitrogen and oxygen atoms in total. The number of hydrogen-bond acceptors (Lipinski definition) is 2. The number of rotatable bonds is 2. The van der Waals surface area contributed by atoms with Gasteiger partial charge in [-0.05, 0) is 41.5 Å². The van der Waals surface area contributed by atoms with Crippen molar-refractivity contribution in [2.45, 2.75) is 13.0 Å². The molecule has 1 unspecified atom stereocenters. The van der Waals surface area contributed by atoms with Gasteiger partial charge in [-0.1, -0.05) is 36.4 Å². The molecule has 1 atom stereocenters. The average molecular weight is 254 g/mol. The first-order valence-corrected chi connectivity index (χ1v) is 6.79. The zero-order chi connectivity index (χ0) is 12.5. The third-order valence-electron chi connectivity index (χ3n) is 3.12. The van der Waals surface area contributed by atoms with Crippen LogP contribution in [0.15, 0.2) is 54.6 Å². The summed E-state index contributed by atoms with van der Waals surface area (Å²) in [6, 6.07) is 18.4. The Labute approximate surface area is 110 Å². The van der Waals surface area contributed by atoms with Crippen molar-refractivity contribution in [2.24, 2.45) is 0 Å². The number of aliphatic hydroxyl groups is 1. The SMILES string of the molecule is Cc1ccc(C(O)c2ccc3ccccc3c2)s1. The third kappa shape index (κ3) is 2.05. The number of thiophene rings is 1. The molecule has 90 valence electrons. The van der Waals surface area contributed by atoms with Gasteiger partial charge in [-0.3, -0.25) is 0 Å². The molecule has 0 saturated carbocycles. The topological polar surface area (TPSA) is 20.2 Å². The highest BCUT2D eigenvalue weighted by atomic mass is 32.1. The highest BCUT2D eigenvalue weighted by Crippen LogP contribution is 2.29. The van der Waals surface area contributed by atoms with Gasteiger partial charge in [-0.15, -0.1) is 11.3 Å². The molecule has 18 heavy (non-hydrogen) atoms. The van der Waals surface area contributed by atoms with Crippen LogP contribution in [-0.4, -0.2) is 5.11 Å². The third-order valence-corrected chi connectivity index (χ3v) is 4.17. The lowest BCUT2D eigenvalue weighted by molar-refractivity contribution is 0.224. The van der Waals surface area contributed by atoms with Crippen molar-refractivity contribution < 1.29 is 5.11 Å². The lowest BCUT2D eigenvalue weighted by Crippen LogP contribution is -1.96. The van der Waals surface area contributed by atoms with Gasteiger partial charge in [0.1, 0.15) is 6.10 Å². The standard InChI is InChI=1S/C16H14OS/c1-11-6-9-15(18-11)16(17)14-8-7-12-4-2-3-5-13(12)10-14/h2-10,16-17H,1H3. The Morgan fingerprint density at radius 2 is 1.72 bits per heavy atom. The summed E-state index contributed by atoms with van der Waals surface area (Å²) in [6.45, 7) is 2.06. The maximum atomic E-state index is 10.4. The minimum atomic E-state index is -0.520. The number of fused-ring (bicyclic) bond motifs is 1. The Morgan fingerprint density at radius 1 is 0.944 bits per heavy atom. The minimum Gasteiger partial charge on any atom is -0.383 e. The van der Waals surface area contributed by atoms with Gasteiger partial charge in [0.05, 0.1) is 0 Å². The van der Waals surface area contributed by atoms with Crippen LogP contribution in [0.25, 0.3) is 10.8 Å². The maximum Gasteiger partial charge on any atom is 0.113 e. The summed E-state index contributed by atoms with van der Waals surface area (Å²) in [6.07, 6.45) is -0.520. The molecule has 0 saturated heterocycles. The van der Waals surface area contributed by atoms with Gasteiger partial charge >= 0.3 is 0 Å². The zero-order valence-corrected chi connectivity index (χ0v) is 10.9. The normalized spacial score (nSPS) is 12.8. The zero-order valence-electron chi connectivity index (χ0n) is 10.1. The Balaban J connectivity index is 2.03. The molecular formula is C16H14OS. The molecule has 0 fully saturated rings. The molecule has 1 heterocycles. The molecule has 1 aromatic heterocycles. The quantitative estimate of drug-likeness (QED) is 0.723. The van der Waals surface area contributed by atoms with Gasteiger partial charge in [-0.25, -0.2) is 0 Å². The van der Waals surface area contributed by atoms with E-state index in [1.165, 1.54) is 15.6 Å². The molecule has 0 aliphatic carbocycles. The Morgan fingerprint density at radius 3 is 2.44 bits per heavy atom. The minimum absolute atomic E-state index is 0.520. The average Bonchev–Trinajstić information content (AvgIpc) is 2.84. The van der Waals surface area contributed by atoms with Crippen LogP contribution < -0.4 is 0 Å². The van der Waals surface area contributed by atoms with Crippen LogP contribution in [0.5, 0.6) is 0 Å². The second-order valence-electron chi connectivity index (χ2n) is 4.46. The summed E-state index contributed by atoms with van der Waals surface area (Å²) in [5, 5.41) is 12.7. The van der Waals surface area contributed by atoms with Gasteiger partial charge < -0.3 is 5.11 Å². The molecule has 0 aliphatic heterocycles. The molecule has 1 N–H and O–H groups in total. The van der Waals surface area contributed by atoms with E-state index in [4.69, 9.17) is 0 Å². The van der Waals surface area contributed by atoms with Crippen molar-refractivity contribution in [1.29, 1.82) is 0 Å². The molecule has 0 aliphatic rings. The predicted octanol–water partition coefficient (Wildman–Crippen LogP) is 4.29. The molecule has 0 bridgehead atoms. The van der Waals surface area contributed by atoms with E-state index in [1.54, 1.807) is 11.3 Å². The number of aliphatic hydroxyl groups excluding tert-OH is 1. The predicted molar refractivity (Wildman–Crippen MR) is 77.1 cm³/mol. The van der Waals surface area contributed by atoms with Crippen molar-refractivity contribution in [3.8, 4) is 0 Å². The lowest BCUT2D eigenvalue weighted by atomic mass is 10.0. The van der Waals surface area contributed by atoms with E-state index < -0.39 is 6.10 Å². The molecule has 0 spiro atoms. The van der Waals surface area contributed by atoms with E-state index >= 15 is 0 Å². The summed E-state index contributed by atoms with van der Waals surface area (Å²) < 4.78 is 0. The van der Waals surface area contributed by atoms with Crippen molar-refractivity contribution >= 4 is 22.1 Å². The van der Waals surface area contributed by atoms with Gasteiger partial charge in [0, 0.05) is 9.75 Å². The lowest BCUT2D eigenvalue weighted by Gasteiger charge is -2.10. The van der Waals surface area contributed by atoms with Crippen molar-refractivity contribution in [3.05, 3.63) is 69.9 Å². The van der Waals surface area contributed by atoms with E-state index in [2.05, 4.69) is 31.2 Å². The fraction of sp³-hybridized carbons (Fsp3) is 0.125. The number of hydrogen-bond donors (Lipinski definition) is 1. The first-order chi connectivity index (χ1) is 8.74. The molecule has 3 aromatic rings. The van der Waals surface area contributed by atoms with Crippen LogP contribution in [0.3, 0.4) is 0 Å². The van der Waals surface area contributed by atoms with Gasteiger partial charge in [0.25, 0.3) is 0 Å². The van der Waals surface area contributed by atoms with E-state index in [1.807, 2.05) is 30.3 Å². The van der Waals surface area contributed by atoms with Crippen LogP contribution in [0.1, 0.15) is 21.4 Å². The summed E-state index contributed by atoms with van der Waals surface area (Å²) in [5.41, 5.74) is 0.954. The van der Waals surface area contributed by atoms with Crippen LogP contribution in [0, 0.1) is 6.92 Å². The summed E-state index contributed by atoms with van der Waals surface area (Å²) in [7, 11) is 0. The summed E-state index contributed by atoms with van der Waals surface area (Å²) in [4.78, 5) is 2.23. The summed E-state index contributed by atoms with van der Waals surface area (Å²) >= 11 is 1.65. The smallest absolute Gasteiger partial charge is 0.113 e. The second-order valence-corrected chi connectivity index (χ2v) is 5.78. The highest BCUT2D eigenvalue weighted by molar-refractivity contribution is 7.12. The Bertz CT molecular complexity index is 684. The molecule has 3 rings (SSSR count). The van der Waals surface area contributed by atoms with Crippen LogP contribution >= 0.6 is 11.3 Å². The largest absolute Gasteiger partial charge is 0.383 e. The van der Waals surface area contributed by atoms with Crippen molar-refractivity contribution in [2.75, 3.05) is 0 Å². The molecule has 0 amide bonds. The Hall–Kier alpha value is -1.64. The van der Waals surface area contributed by atoms with Crippen LogP contribution in [0.4, 0.5) is 0 Å². The van der Waals surface area contributed by atoms with Crippen molar-refractivity contribution in [1.82, 2.24) is 0 Å². The number of benzene rings is 2. The van der Waals surface area contributed by atoms with E-state index in [-0.39, 0.29) is 0 Å². The van der Waals surface area contributed by atoms with Gasteiger partial charge in [0.2, 0.25) is 0 Å². The summed E-state index contributed by atoms with van der Waals surface area (Å²) in [5.74, 6) is 0.